The molecule has 0 aromatic carbocycles. The smallest absolute Gasteiger partial charge is 0.410 e. The summed E-state index contributed by atoms with van der Waals surface area (Å²) >= 11 is 1.58. The van der Waals surface area contributed by atoms with Crippen molar-refractivity contribution < 1.29 is 9.53 Å². The summed E-state index contributed by atoms with van der Waals surface area (Å²) in [6.45, 7) is 7.67. The number of carbonyl (C=O) groups excluding carboxylic acids is 1. The number of nitriles is 1. The third-order valence-electron chi connectivity index (χ3n) is 2.88. The SMILES string of the molecule is CC(C)(C)OC(=O)N1CC(NCc2cc(C#N)cs2)C1. The van der Waals surface area contributed by atoms with Crippen LogP contribution in [0.3, 0.4) is 0 Å². The zero-order valence-corrected chi connectivity index (χ0v) is 12.8. The monoisotopic (exact) mass is 293 g/mol. The lowest BCUT2D eigenvalue weighted by atomic mass is 10.1. The third kappa shape index (κ3) is 3.95. The molecule has 1 aromatic rings. The van der Waals surface area contributed by atoms with Crippen LogP contribution in [0.25, 0.3) is 0 Å². The van der Waals surface area contributed by atoms with Crippen molar-refractivity contribution in [2.75, 3.05) is 13.1 Å². The molecule has 0 spiro atoms. The van der Waals surface area contributed by atoms with Gasteiger partial charge in [-0.3, -0.25) is 0 Å². The quantitative estimate of drug-likeness (QED) is 0.929. The molecule has 5 nitrogen and oxygen atoms in total. The Kier molecular flexibility index (Phi) is 4.31. The number of hydrogen-bond acceptors (Lipinski definition) is 5. The van der Waals surface area contributed by atoms with Crippen molar-refractivity contribution in [2.24, 2.45) is 0 Å². The van der Waals surface area contributed by atoms with E-state index in [2.05, 4.69) is 11.4 Å². The minimum absolute atomic E-state index is 0.251. The Bertz CT molecular complexity index is 521. The first kappa shape index (κ1) is 14.8. The number of carbonyl (C=O) groups is 1. The molecular weight excluding hydrogens is 274 g/mol. The Morgan fingerprint density at radius 1 is 1.60 bits per heavy atom. The molecule has 1 fully saturated rings. The van der Waals surface area contributed by atoms with Gasteiger partial charge >= 0.3 is 6.09 Å². The fourth-order valence-electron chi connectivity index (χ4n) is 1.86. The van der Waals surface area contributed by atoms with Crippen molar-refractivity contribution in [3.8, 4) is 6.07 Å². The maximum absolute atomic E-state index is 11.7. The van der Waals surface area contributed by atoms with Gasteiger partial charge in [-0.05, 0) is 26.8 Å². The Morgan fingerprint density at radius 3 is 2.85 bits per heavy atom. The number of nitrogens with one attached hydrogen (secondary N) is 1. The van der Waals surface area contributed by atoms with Gasteiger partial charge in [0.15, 0.2) is 0 Å². The lowest BCUT2D eigenvalue weighted by Gasteiger charge is -2.40. The lowest BCUT2D eigenvalue weighted by molar-refractivity contribution is 0.00521. The average Bonchev–Trinajstić information content (AvgIpc) is 2.72. The summed E-state index contributed by atoms with van der Waals surface area (Å²) in [6, 6.07) is 4.31. The fraction of sp³-hybridized carbons (Fsp3) is 0.571. The van der Waals surface area contributed by atoms with E-state index < -0.39 is 5.60 Å². The van der Waals surface area contributed by atoms with Crippen molar-refractivity contribution in [3.05, 3.63) is 21.9 Å². The van der Waals surface area contributed by atoms with Crippen molar-refractivity contribution >= 4 is 17.4 Å². The van der Waals surface area contributed by atoms with E-state index in [0.29, 0.717) is 24.7 Å². The molecular formula is C14H19N3O2S. The number of nitrogens with zero attached hydrogens (tertiary/aromatic N) is 2. The standard InChI is InChI=1S/C14H19N3O2S/c1-14(2,3)19-13(18)17-7-11(8-17)16-6-12-4-10(5-15)9-20-12/h4,9,11,16H,6-8H2,1-3H3. The number of ether oxygens (including phenoxy) is 1. The van der Waals surface area contributed by atoms with Crippen molar-refractivity contribution in [3.63, 3.8) is 0 Å². The summed E-state index contributed by atoms with van der Waals surface area (Å²) in [5.74, 6) is 0. The van der Waals surface area contributed by atoms with Crippen LogP contribution < -0.4 is 5.32 Å². The van der Waals surface area contributed by atoms with E-state index in [4.69, 9.17) is 10.00 Å². The first-order chi connectivity index (χ1) is 9.37. The second kappa shape index (κ2) is 5.81. The topological polar surface area (TPSA) is 65.4 Å². The number of rotatable bonds is 3. The van der Waals surface area contributed by atoms with Gasteiger partial charge in [0.25, 0.3) is 0 Å². The van der Waals surface area contributed by atoms with Gasteiger partial charge in [-0.1, -0.05) is 0 Å². The molecule has 1 saturated heterocycles. The normalized spacial score (nSPS) is 15.6. The summed E-state index contributed by atoms with van der Waals surface area (Å²) in [5.41, 5.74) is 0.260. The van der Waals surface area contributed by atoms with Gasteiger partial charge < -0.3 is 15.0 Å². The minimum Gasteiger partial charge on any atom is -0.444 e. The highest BCUT2D eigenvalue weighted by molar-refractivity contribution is 7.10. The van der Waals surface area contributed by atoms with E-state index in [0.717, 1.165) is 11.4 Å². The van der Waals surface area contributed by atoms with Gasteiger partial charge in [0.1, 0.15) is 11.7 Å². The summed E-state index contributed by atoms with van der Waals surface area (Å²) in [7, 11) is 0. The van der Waals surface area contributed by atoms with E-state index in [1.165, 1.54) is 0 Å². The van der Waals surface area contributed by atoms with Crippen LogP contribution in [0.1, 0.15) is 31.2 Å². The molecule has 1 aliphatic heterocycles. The molecule has 2 rings (SSSR count). The summed E-state index contributed by atoms with van der Waals surface area (Å²) in [4.78, 5) is 14.6. The summed E-state index contributed by atoms with van der Waals surface area (Å²) in [5, 5.41) is 14.0. The van der Waals surface area contributed by atoms with Gasteiger partial charge in [0, 0.05) is 35.9 Å². The van der Waals surface area contributed by atoms with Crippen LogP contribution in [0.15, 0.2) is 11.4 Å². The molecule has 0 bridgehead atoms. The molecule has 1 N–H and O–H groups in total. The molecule has 0 unspecified atom stereocenters. The molecule has 6 heteroatoms. The molecule has 0 atom stereocenters. The van der Waals surface area contributed by atoms with Crippen LogP contribution >= 0.6 is 11.3 Å². The first-order valence-corrected chi connectivity index (χ1v) is 7.44. The van der Waals surface area contributed by atoms with E-state index in [1.54, 1.807) is 16.2 Å². The van der Waals surface area contributed by atoms with Crippen LogP contribution in [0.2, 0.25) is 0 Å². The average molecular weight is 293 g/mol. The maximum atomic E-state index is 11.7. The molecule has 0 saturated carbocycles. The van der Waals surface area contributed by atoms with Gasteiger partial charge in [0.2, 0.25) is 0 Å². The maximum Gasteiger partial charge on any atom is 0.410 e. The molecule has 2 heterocycles. The van der Waals surface area contributed by atoms with Gasteiger partial charge in [-0.15, -0.1) is 11.3 Å². The number of likely N-dealkylation sites (tertiary alicyclic amines) is 1. The van der Waals surface area contributed by atoms with Crippen molar-refractivity contribution in [1.29, 1.82) is 5.26 Å². The molecule has 20 heavy (non-hydrogen) atoms. The van der Waals surface area contributed by atoms with Crippen molar-refractivity contribution in [2.45, 2.75) is 39.0 Å². The number of amides is 1. The largest absolute Gasteiger partial charge is 0.444 e. The van der Waals surface area contributed by atoms with E-state index >= 15 is 0 Å². The van der Waals surface area contributed by atoms with Crippen LogP contribution in [0.5, 0.6) is 0 Å². The Balaban J connectivity index is 1.69. The fourth-order valence-corrected chi connectivity index (χ4v) is 2.62. The van der Waals surface area contributed by atoms with E-state index in [1.807, 2.05) is 32.2 Å². The lowest BCUT2D eigenvalue weighted by Crippen LogP contribution is -2.60. The van der Waals surface area contributed by atoms with E-state index in [-0.39, 0.29) is 6.09 Å². The predicted octanol–water partition coefficient (Wildman–Crippen LogP) is 2.33. The van der Waals surface area contributed by atoms with Crippen LogP contribution in [0, 0.1) is 11.3 Å². The highest BCUT2D eigenvalue weighted by atomic mass is 32.1. The Labute approximate surface area is 123 Å². The Hall–Kier alpha value is -1.58. The minimum atomic E-state index is -0.444. The second-order valence-electron chi connectivity index (χ2n) is 5.88. The van der Waals surface area contributed by atoms with Crippen LogP contribution in [-0.2, 0) is 11.3 Å². The van der Waals surface area contributed by atoms with Crippen molar-refractivity contribution in [1.82, 2.24) is 10.2 Å². The molecule has 1 amide bonds. The second-order valence-corrected chi connectivity index (χ2v) is 6.87. The Morgan fingerprint density at radius 2 is 2.30 bits per heavy atom. The van der Waals surface area contributed by atoms with Crippen LogP contribution in [0.4, 0.5) is 4.79 Å². The molecule has 0 radical (unpaired) electrons. The van der Waals surface area contributed by atoms with Gasteiger partial charge in [0.05, 0.1) is 5.56 Å². The van der Waals surface area contributed by atoms with Gasteiger partial charge in [-0.25, -0.2) is 4.79 Å². The molecule has 108 valence electrons. The summed E-state index contributed by atoms with van der Waals surface area (Å²) in [6.07, 6.45) is -0.251. The van der Waals surface area contributed by atoms with Gasteiger partial charge in [-0.2, -0.15) is 5.26 Å². The molecule has 1 aromatic heterocycles. The molecule has 1 aliphatic rings. The molecule has 0 aliphatic carbocycles. The number of hydrogen-bond donors (Lipinski definition) is 1. The highest BCUT2D eigenvalue weighted by Crippen LogP contribution is 2.17. The third-order valence-corrected chi connectivity index (χ3v) is 3.82. The zero-order chi connectivity index (χ0) is 14.8. The predicted molar refractivity (Wildman–Crippen MR) is 77.5 cm³/mol. The van der Waals surface area contributed by atoms with E-state index in [9.17, 15) is 4.79 Å². The first-order valence-electron chi connectivity index (χ1n) is 6.56. The highest BCUT2D eigenvalue weighted by Gasteiger charge is 2.33. The number of thiophene rings is 1. The summed E-state index contributed by atoms with van der Waals surface area (Å²) < 4.78 is 5.30. The zero-order valence-electron chi connectivity index (χ0n) is 12.0. The van der Waals surface area contributed by atoms with Crippen LogP contribution in [-0.4, -0.2) is 35.7 Å².